The lowest BCUT2D eigenvalue weighted by molar-refractivity contribution is 1.26. The highest BCUT2D eigenvalue weighted by Gasteiger charge is 2.06. The minimum absolute atomic E-state index is 1.10. The van der Waals surface area contributed by atoms with E-state index in [0.29, 0.717) is 0 Å². The molecule has 0 unspecified atom stereocenters. The maximum Gasteiger partial charge on any atom is 0.0243 e. The fourth-order valence-electron chi connectivity index (χ4n) is 1.88. The van der Waals surface area contributed by atoms with Gasteiger partial charge in [0.15, 0.2) is 0 Å². The van der Waals surface area contributed by atoms with Crippen molar-refractivity contribution < 1.29 is 0 Å². The summed E-state index contributed by atoms with van der Waals surface area (Å²) < 4.78 is 1.27. The standard InChI is InChI=1S/C17H19I/c1-6-8-10-15-12(3)13(4)16(11-9-7-2)17(18)14(15)5/h6-11H,1,4H2,2-3,5H3/b9-7-,10-8-,16-11+. The quantitative estimate of drug-likeness (QED) is 0.573. The average molecular weight is 350 g/mol. The Balaban J connectivity index is 3.71. The van der Waals surface area contributed by atoms with E-state index in [0.717, 1.165) is 5.22 Å². The third-order valence-corrected chi connectivity index (χ3v) is 4.40. The summed E-state index contributed by atoms with van der Waals surface area (Å²) in [6.07, 6.45) is 12.1. The van der Waals surface area contributed by atoms with Gasteiger partial charge in [-0.3, -0.25) is 0 Å². The minimum Gasteiger partial charge on any atom is -0.0991 e. The highest BCUT2D eigenvalue weighted by Crippen LogP contribution is 2.16. The first-order chi connectivity index (χ1) is 8.54. The zero-order valence-electron chi connectivity index (χ0n) is 11.3. The fourth-order valence-corrected chi connectivity index (χ4v) is 2.67. The molecule has 0 radical (unpaired) electrons. The van der Waals surface area contributed by atoms with Crippen LogP contribution in [0.25, 0.3) is 18.7 Å². The molecule has 0 nitrogen and oxygen atoms in total. The van der Waals surface area contributed by atoms with Crippen molar-refractivity contribution in [3.63, 3.8) is 0 Å². The van der Waals surface area contributed by atoms with Crippen LogP contribution in [0.5, 0.6) is 0 Å². The number of benzene rings is 1. The summed E-state index contributed by atoms with van der Waals surface area (Å²) in [6, 6.07) is 0. The number of halogens is 1. The summed E-state index contributed by atoms with van der Waals surface area (Å²) in [4.78, 5) is 0. The second-order valence-corrected chi connectivity index (χ2v) is 5.24. The molecule has 1 aromatic rings. The maximum atomic E-state index is 4.21. The van der Waals surface area contributed by atoms with Gasteiger partial charge in [0.05, 0.1) is 0 Å². The second-order valence-electron chi connectivity index (χ2n) is 4.16. The van der Waals surface area contributed by atoms with E-state index in [4.69, 9.17) is 0 Å². The molecule has 0 saturated carbocycles. The van der Waals surface area contributed by atoms with E-state index < -0.39 is 0 Å². The smallest absolute Gasteiger partial charge is 0.0243 e. The summed E-state index contributed by atoms with van der Waals surface area (Å²) in [6.45, 7) is 14.2. The molecule has 0 saturated heterocycles. The summed E-state index contributed by atoms with van der Waals surface area (Å²) >= 11 is 2.40. The molecule has 1 rings (SSSR count). The molecule has 1 heteroatoms. The molecule has 0 heterocycles. The Morgan fingerprint density at radius 2 is 1.78 bits per heavy atom. The van der Waals surface area contributed by atoms with Gasteiger partial charge in [0, 0.05) is 3.57 Å². The van der Waals surface area contributed by atoms with E-state index in [2.05, 4.69) is 67.8 Å². The number of hydrogen-bond acceptors (Lipinski definition) is 0. The lowest BCUT2D eigenvalue weighted by atomic mass is 9.98. The Hall–Kier alpha value is -1.09. The van der Waals surface area contributed by atoms with Crippen LogP contribution in [0.1, 0.15) is 23.6 Å². The van der Waals surface area contributed by atoms with Crippen molar-refractivity contribution in [1.29, 1.82) is 0 Å². The van der Waals surface area contributed by atoms with Gasteiger partial charge in [-0.1, -0.05) is 49.6 Å². The van der Waals surface area contributed by atoms with Crippen LogP contribution in [0.4, 0.5) is 0 Å². The van der Waals surface area contributed by atoms with Crippen molar-refractivity contribution in [2.45, 2.75) is 20.8 Å². The first-order valence-corrected chi connectivity index (χ1v) is 7.02. The third-order valence-electron chi connectivity index (χ3n) is 3.01. The van der Waals surface area contributed by atoms with Crippen LogP contribution >= 0.6 is 22.6 Å². The normalized spacial score (nSPS) is 12.8. The lowest BCUT2D eigenvalue weighted by Crippen LogP contribution is -2.31. The van der Waals surface area contributed by atoms with Crippen LogP contribution in [0.15, 0.2) is 30.9 Å². The predicted molar refractivity (Wildman–Crippen MR) is 91.9 cm³/mol. The Morgan fingerprint density at radius 3 is 2.33 bits per heavy atom. The molecule has 0 bridgehead atoms. The van der Waals surface area contributed by atoms with Gasteiger partial charge >= 0.3 is 0 Å². The molecule has 1 aromatic carbocycles. The highest BCUT2D eigenvalue weighted by molar-refractivity contribution is 14.1. The molecule has 0 aliphatic heterocycles. The van der Waals surface area contributed by atoms with E-state index in [9.17, 15) is 0 Å². The summed E-state index contributed by atoms with van der Waals surface area (Å²) in [7, 11) is 0. The van der Waals surface area contributed by atoms with Crippen LogP contribution in [-0.4, -0.2) is 0 Å². The predicted octanol–water partition coefficient (Wildman–Crippen LogP) is 3.87. The van der Waals surface area contributed by atoms with E-state index in [1.165, 1.54) is 25.5 Å². The van der Waals surface area contributed by atoms with Crippen LogP contribution in [0.3, 0.4) is 0 Å². The third kappa shape index (κ3) is 3.02. The van der Waals surface area contributed by atoms with Crippen LogP contribution in [0.2, 0.25) is 0 Å². The molecule has 94 valence electrons. The Bertz CT molecular complexity index is 616. The molecule has 0 N–H and O–H groups in total. The number of hydrogen-bond donors (Lipinski definition) is 0. The van der Waals surface area contributed by atoms with E-state index >= 15 is 0 Å². The Labute approximate surface area is 123 Å². The van der Waals surface area contributed by atoms with Crippen LogP contribution in [0, 0.1) is 17.4 Å². The fraction of sp³-hybridized carbons (Fsp3) is 0.176. The molecule has 18 heavy (non-hydrogen) atoms. The van der Waals surface area contributed by atoms with Crippen molar-refractivity contribution >= 4 is 41.3 Å². The monoisotopic (exact) mass is 350 g/mol. The van der Waals surface area contributed by atoms with E-state index in [-0.39, 0.29) is 0 Å². The van der Waals surface area contributed by atoms with E-state index in [1.807, 2.05) is 19.1 Å². The largest absolute Gasteiger partial charge is 0.0991 e. The molecule has 0 aromatic heterocycles. The Morgan fingerprint density at radius 1 is 1.11 bits per heavy atom. The first kappa shape index (κ1) is 15.0. The maximum absolute atomic E-state index is 4.21. The van der Waals surface area contributed by atoms with Crippen molar-refractivity contribution in [3.05, 3.63) is 61.6 Å². The van der Waals surface area contributed by atoms with Crippen molar-refractivity contribution in [2.75, 3.05) is 0 Å². The molecule has 0 aliphatic carbocycles. The second kappa shape index (κ2) is 6.74. The molecule has 0 aliphatic rings. The van der Waals surface area contributed by atoms with Gasteiger partial charge in [-0.05, 0) is 70.5 Å². The number of allylic oxidation sites excluding steroid dienone is 4. The zero-order valence-corrected chi connectivity index (χ0v) is 13.4. The van der Waals surface area contributed by atoms with Gasteiger partial charge in [0.25, 0.3) is 0 Å². The zero-order chi connectivity index (χ0) is 13.7. The molecule has 0 spiro atoms. The summed E-state index contributed by atoms with van der Waals surface area (Å²) in [5.41, 5.74) is 3.79. The first-order valence-electron chi connectivity index (χ1n) is 5.94. The topological polar surface area (TPSA) is 0 Å². The van der Waals surface area contributed by atoms with Crippen molar-refractivity contribution in [2.24, 2.45) is 0 Å². The summed E-state index contributed by atoms with van der Waals surface area (Å²) in [5, 5.41) is 2.33. The van der Waals surface area contributed by atoms with Gasteiger partial charge < -0.3 is 0 Å². The molecular formula is C17H19I. The van der Waals surface area contributed by atoms with Crippen molar-refractivity contribution in [1.82, 2.24) is 0 Å². The van der Waals surface area contributed by atoms with Crippen LogP contribution < -0.4 is 10.4 Å². The van der Waals surface area contributed by atoms with Crippen molar-refractivity contribution in [3.8, 4) is 0 Å². The van der Waals surface area contributed by atoms with Gasteiger partial charge in [0.1, 0.15) is 0 Å². The van der Waals surface area contributed by atoms with Gasteiger partial charge in [0.2, 0.25) is 0 Å². The summed E-state index contributed by atoms with van der Waals surface area (Å²) in [5.74, 6) is 0. The number of rotatable bonds is 3. The average Bonchev–Trinajstić information content (AvgIpc) is 2.37. The van der Waals surface area contributed by atoms with Gasteiger partial charge in [-0.15, -0.1) is 0 Å². The van der Waals surface area contributed by atoms with E-state index in [1.54, 1.807) is 6.08 Å². The molecule has 0 amide bonds. The molecule has 0 fully saturated rings. The molecular weight excluding hydrogens is 331 g/mol. The Kier molecular flexibility index (Phi) is 5.60. The molecule has 0 atom stereocenters. The SMILES string of the molecule is C=C/C=C\c1c(C)c(I)/c(=C/C=C\C)c(=C)c1C. The van der Waals surface area contributed by atoms with Gasteiger partial charge in [-0.2, -0.15) is 0 Å². The minimum atomic E-state index is 1.10. The van der Waals surface area contributed by atoms with Crippen LogP contribution in [-0.2, 0) is 0 Å². The van der Waals surface area contributed by atoms with Gasteiger partial charge in [-0.25, -0.2) is 0 Å². The highest BCUT2D eigenvalue weighted by atomic mass is 127. The lowest BCUT2D eigenvalue weighted by Gasteiger charge is -2.10.